The van der Waals surface area contributed by atoms with Gasteiger partial charge >= 0.3 is 0 Å². The fraction of sp³-hybridized carbons (Fsp3) is 0.200. The number of fused-ring (bicyclic) bond motifs is 2. The SMILES string of the molecule is CCCCc1nc2ccc(C)cc2c(=O)n1Cc1ccc2c(ccn2C(=O)c2ccccc2C(N)=O)c1. The lowest BCUT2D eigenvalue weighted by Crippen LogP contribution is -2.26. The maximum absolute atomic E-state index is 13.5. The van der Waals surface area contributed by atoms with Crippen molar-refractivity contribution in [2.75, 3.05) is 0 Å². The molecule has 5 rings (SSSR count). The highest BCUT2D eigenvalue weighted by Crippen LogP contribution is 2.22. The molecule has 0 bridgehead atoms. The van der Waals surface area contributed by atoms with Crippen LogP contribution in [0, 0.1) is 6.92 Å². The molecule has 2 heterocycles. The largest absolute Gasteiger partial charge is 0.366 e. The van der Waals surface area contributed by atoms with E-state index in [9.17, 15) is 14.4 Å². The molecule has 2 aromatic heterocycles. The van der Waals surface area contributed by atoms with Crippen molar-refractivity contribution in [3.63, 3.8) is 0 Å². The van der Waals surface area contributed by atoms with Crippen LogP contribution in [-0.4, -0.2) is 25.9 Å². The van der Waals surface area contributed by atoms with E-state index in [1.54, 1.807) is 35.0 Å². The third kappa shape index (κ3) is 4.56. The minimum absolute atomic E-state index is 0.0456. The molecule has 5 aromatic rings. The van der Waals surface area contributed by atoms with Crippen molar-refractivity contribution in [1.29, 1.82) is 0 Å². The van der Waals surface area contributed by atoms with Crippen molar-refractivity contribution >= 4 is 33.6 Å². The summed E-state index contributed by atoms with van der Waals surface area (Å²) in [6.45, 7) is 4.47. The smallest absolute Gasteiger partial charge is 0.263 e. The Bertz CT molecular complexity index is 1730. The Morgan fingerprint density at radius 2 is 1.76 bits per heavy atom. The molecule has 0 aliphatic heterocycles. The summed E-state index contributed by atoms with van der Waals surface area (Å²) in [5.74, 6) is -0.199. The van der Waals surface area contributed by atoms with Crippen molar-refractivity contribution in [3.8, 4) is 0 Å². The van der Waals surface area contributed by atoms with Crippen molar-refractivity contribution in [3.05, 3.63) is 111 Å². The van der Waals surface area contributed by atoms with Gasteiger partial charge in [-0.25, -0.2) is 4.98 Å². The van der Waals surface area contributed by atoms with Crippen molar-refractivity contribution in [1.82, 2.24) is 14.1 Å². The number of aromatic nitrogens is 3. The molecule has 7 nitrogen and oxygen atoms in total. The van der Waals surface area contributed by atoms with E-state index < -0.39 is 5.91 Å². The zero-order valence-corrected chi connectivity index (χ0v) is 20.9. The van der Waals surface area contributed by atoms with E-state index in [0.29, 0.717) is 17.4 Å². The summed E-state index contributed by atoms with van der Waals surface area (Å²) < 4.78 is 3.28. The molecule has 3 aromatic carbocycles. The minimum Gasteiger partial charge on any atom is -0.366 e. The van der Waals surface area contributed by atoms with Crippen LogP contribution in [0.1, 0.15) is 57.4 Å². The third-order valence-electron chi connectivity index (χ3n) is 6.68. The summed E-state index contributed by atoms with van der Waals surface area (Å²) in [5, 5.41) is 1.47. The second-order valence-corrected chi connectivity index (χ2v) is 9.34. The summed E-state index contributed by atoms with van der Waals surface area (Å²) in [6, 6.07) is 19.9. The highest BCUT2D eigenvalue weighted by atomic mass is 16.2. The fourth-order valence-electron chi connectivity index (χ4n) is 4.73. The first-order valence-corrected chi connectivity index (χ1v) is 12.4. The standard InChI is InChI=1S/C30H28N4O3/c1-3-4-9-27-32-25-12-10-19(2)16-24(25)30(37)34(27)18-20-11-13-26-21(17-20)14-15-33(26)29(36)23-8-6-5-7-22(23)28(31)35/h5-8,10-17H,3-4,9,18H2,1-2H3,(H2,31,35). The maximum Gasteiger partial charge on any atom is 0.263 e. The Morgan fingerprint density at radius 1 is 0.973 bits per heavy atom. The van der Waals surface area contributed by atoms with Gasteiger partial charge < -0.3 is 5.73 Å². The Kier molecular flexibility index (Phi) is 6.44. The van der Waals surface area contributed by atoms with E-state index in [4.69, 9.17) is 10.7 Å². The van der Waals surface area contributed by atoms with Gasteiger partial charge in [0.05, 0.1) is 34.1 Å². The number of benzene rings is 3. The Morgan fingerprint density at radius 3 is 2.51 bits per heavy atom. The highest BCUT2D eigenvalue weighted by Gasteiger charge is 2.18. The molecule has 0 saturated heterocycles. The molecule has 2 N–H and O–H groups in total. The number of unbranched alkanes of at least 4 members (excludes halogenated alkanes) is 1. The lowest BCUT2D eigenvalue weighted by molar-refractivity contribution is 0.0945. The van der Waals surface area contributed by atoms with E-state index >= 15 is 0 Å². The molecular weight excluding hydrogens is 464 g/mol. The average Bonchev–Trinajstić information content (AvgIpc) is 3.32. The van der Waals surface area contributed by atoms with Crippen LogP contribution in [-0.2, 0) is 13.0 Å². The van der Waals surface area contributed by atoms with Gasteiger partial charge in [0, 0.05) is 18.0 Å². The molecule has 0 unspecified atom stereocenters. The van der Waals surface area contributed by atoms with E-state index in [1.807, 2.05) is 49.4 Å². The molecule has 1 amide bonds. The molecule has 186 valence electrons. The summed E-state index contributed by atoms with van der Waals surface area (Å²) in [4.78, 5) is 43.4. The molecular formula is C30H28N4O3. The third-order valence-corrected chi connectivity index (χ3v) is 6.68. The van der Waals surface area contributed by atoms with Crippen molar-refractivity contribution < 1.29 is 9.59 Å². The Balaban J connectivity index is 1.54. The Labute approximate surface area is 214 Å². The van der Waals surface area contributed by atoms with Crippen LogP contribution in [0.4, 0.5) is 0 Å². The van der Waals surface area contributed by atoms with Gasteiger partial charge in [-0.15, -0.1) is 0 Å². The molecule has 0 aliphatic rings. The van der Waals surface area contributed by atoms with Crippen LogP contribution in [0.3, 0.4) is 0 Å². The number of carbonyl (C=O) groups is 2. The zero-order chi connectivity index (χ0) is 26.1. The normalized spacial score (nSPS) is 11.3. The number of rotatable bonds is 7. The first-order valence-electron chi connectivity index (χ1n) is 12.4. The van der Waals surface area contributed by atoms with Crippen LogP contribution < -0.4 is 11.3 Å². The maximum atomic E-state index is 13.5. The van der Waals surface area contributed by atoms with E-state index in [-0.39, 0.29) is 22.6 Å². The quantitative estimate of drug-likeness (QED) is 0.351. The van der Waals surface area contributed by atoms with Gasteiger partial charge in [0.25, 0.3) is 11.5 Å². The topological polar surface area (TPSA) is 100.0 Å². The Hall–Kier alpha value is -4.52. The monoisotopic (exact) mass is 492 g/mol. The molecule has 0 atom stereocenters. The second-order valence-electron chi connectivity index (χ2n) is 9.34. The molecule has 37 heavy (non-hydrogen) atoms. The number of carbonyl (C=O) groups excluding carboxylic acids is 2. The average molecular weight is 493 g/mol. The van der Waals surface area contributed by atoms with E-state index in [1.165, 1.54) is 4.57 Å². The predicted octanol–water partition coefficient (Wildman–Crippen LogP) is 4.84. The zero-order valence-electron chi connectivity index (χ0n) is 20.9. The summed E-state index contributed by atoms with van der Waals surface area (Å²) in [5.41, 5.74) is 9.25. The molecule has 0 aliphatic carbocycles. The predicted molar refractivity (Wildman–Crippen MR) is 145 cm³/mol. The van der Waals surface area contributed by atoms with Gasteiger partial charge in [0.15, 0.2) is 0 Å². The van der Waals surface area contributed by atoms with E-state index in [2.05, 4.69) is 6.92 Å². The molecule has 0 spiro atoms. The second kappa shape index (κ2) is 9.85. The molecule has 7 heteroatoms. The van der Waals surface area contributed by atoms with Gasteiger partial charge in [0.1, 0.15) is 5.82 Å². The van der Waals surface area contributed by atoms with Crippen molar-refractivity contribution in [2.24, 2.45) is 5.73 Å². The minimum atomic E-state index is -0.647. The van der Waals surface area contributed by atoms with Crippen LogP contribution in [0.25, 0.3) is 21.8 Å². The van der Waals surface area contributed by atoms with Gasteiger partial charge in [-0.2, -0.15) is 0 Å². The first-order chi connectivity index (χ1) is 17.9. The van der Waals surface area contributed by atoms with Crippen LogP contribution in [0.2, 0.25) is 0 Å². The van der Waals surface area contributed by atoms with Crippen molar-refractivity contribution in [2.45, 2.75) is 39.7 Å². The number of hydrogen-bond acceptors (Lipinski definition) is 4. The summed E-state index contributed by atoms with van der Waals surface area (Å²) in [6.07, 6.45) is 4.37. The van der Waals surface area contributed by atoms with Gasteiger partial charge in [-0.05, 0) is 61.4 Å². The fourth-order valence-corrected chi connectivity index (χ4v) is 4.73. The number of primary amides is 1. The van der Waals surface area contributed by atoms with Gasteiger partial charge in [-0.1, -0.05) is 43.2 Å². The van der Waals surface area contributed by atoms with Crippen LogP contribution in [0.5, 0.6) is 0 Å². The van der Waals surface area contributed by atoms with E-state index in [0.717, 1.165) is 47.1 Å². The number of nitrogens with zero attached hydrogens (tertiary/aromatic N) is 3. The lowest BCUT2D eigenvalue weighted by atomic mass is 10.1. The summed E-state index contributed by atoms with van der Waals surface area (Å²) in [7, 11) is 0. The number of nitrogens with two attached hydrogens (primary N) is 1. The van der Waals surface area contributed by atoms with Crippen LogP contribution in [0.15, 0.2) is 77.7 Å². The first kappa shape index (κ1) is 24.2. The molecule has 0 saturated carbocycles. The summed E-state index contributed by atoms with van der Waals surface area (Å²) >= 11 is 0. The number of aryl methyl sites for hydroxylation is 2. The molecule has 0 radical (unpaired) electrons. The van der Waals surface area contributed by atoms with Gasteiger partial charge in [-0.3, -0.25) is 23.5 Å². The number of amides is 1. The lowest BCUT2D eigenvalue weighted by Gasteiger charge is -2.14. The van der Waals surface area contributed by atoms with Gasteiger partial charge in [0.2, 0.25) is 5.91 Å². The highest BCUT2D eigenvalue weighted by molar-refractivity contribution is 6.09. The molecule has 0 fully saturated rings. The van der Waals surface area contributed by atoms with Crippen LogP contribution >= 0.6 is 0 Å². The number of hydrogen-bond donors (Lipinski definition) is 1.